The van der Waals surface area contributed by atoms with Crippen LogP contribution in [-0.2, 0) is 0 Å². The first-order valence-electron chi connectivity index (χ1n) is 3.16. The minimum Gasteiger partial charge on any atom is -0.400 e. The molecular weight excluding hydrogens is 168 g/mol. The van der Waals surface area contributed by atoms with Crippen molar-refractivity contribution < 1.29 is 30.6 Å². The van der Waals surface area contributed by atoms with Gasteiger partial charge in [-0.2, -0.15) is 0 Å². The maximum atomic E-state index is 7.62. The van der Waals surface area contributed by atoms with Crippen molar-refractivity contribution in [2.75, 3.05) is 40.6 Å². The van der Waals surface area contributed by atoms with Crippen LogP contribution >= 0.6 is 0 Å². The Morgan fingerprint density at radius 2 is 0.583 bits per heavy atom. The molecule has 0 heterocycles. The van der Waals surface area contributed by atoms with E-state index in [-0.39, 0.29) is 26.4 Å². The summed E-state index contributed by atoms with van der Waals surface area (Å²) in [4.78, 5) is 0. The molecule has 0 aromatic rings. The van der Waals surface area contributed by atoms with Gasteiger partial charge < -0.3 is 30.6 Å². The number of rotatable bonds is 2. The van der Waals surface area contributed by atoms with E-state index in [1.807, 2.05) is 0 Å². The molecule has 0 atom stereocenters. The lowest BCUT2D eigenvalue weighted by atomic mass is 10.8. The van der Waals surface area contributed by atoms with Crippen LogP contribution < -0.4 is 0 Å². The van der Waals surface area contributed by atoms with Gasteiger partial charge in [0.25, 0.3) is 0 Å². The zero-order chi connectivity index (χ0) is 10.8. The van der Waals surface area contributed by atoms with E-state index in [1.54, 1.807) is 0 Å². The van der Waals surface area contributed by atoms with Crippen molar-refractivity contribution in [3.63, 3.8) is 0 Å². The molecule has 0 radical (unpaired) electrons. The van der Waals surface area contributed by atoms with E-state index in [4.69, 9.17) is 30.6 Å². The van der Waals surface area contributed by atoms with Crippen molar-refractivity contribution in [3.8, 4) is 0 Å². The van der Waals surface area contributed by atoms with Gasteiger partial charge >= 0.3 is 0 Å². The third kappa shape index (κ3) is 242. The van der Waals surface area contributed by atoms with Gasteiger partial charge in [-0.05, 0) is 0 Å². The maximum Gasteiger partial charge on any atom is 0.0662 e. The molecule has 0 aromatic heterocycles. The highest BCUT2D eigenvalue weighted by Crippen LogP contribution is 1.40. The average molecular weight is 188 g/mol. The average Bonchev–Trinajstić information content (AvgIpc) is 2.23. The zero-order valence-electron chi connectivity index (χ0n) is 7.51. The third-order valence-electron chi connectivity index (χ3n) is 0.200. The number of aliphatic hydroxyl groups excluding tert-OH is 6. The maximum absolute atomic E-state index is 7.62. The van der Waals surface area contributed by atoms with Crippen molar-refractivity contribution in [2.24, 2.45) is 0 Å². The number of aliphatic hydroxyl groups is 6. The lowest BCUT2D eigenvalue weighted by Gasteiger charge is -1.70. The predicted molar refractivity (Wildman–Crippen MR) is 44.6 cm³/mol. The monoisotopic (exact) mass is 188 g/mol. The Hall–Kier alpha value is -0.240. The molecule has 6 heteroatoms. The van der Waals surface area contributed by atoms with Crippen molar-refractivity contribution >= 4 is 0 Å². The Labute approximate surface area is 72.3 Å². The van der Waals surface area contributed by atoms with Crippen molar-refractivity contribution in [1.29, 1.82) is 0 Å². The van der Waals surface area contributed by atoms with E-state index in [1.165, 1.54) is 0 Å². The quantitative estimate of drug-likeness (QED) is 0.277. The Morgan fingerprint density at radius 3 is 0.583 bits per heavy atom. The van der Waals surface area contributed by atoms with Crippen molar-refractivity contribution in [2.45, 2.75) is 0 Å². The van der Waals surface area contributed by atoms with Crippen molar-refractivity contribution in [3.05, 3.63) is 0 Å². The standard InChI is InChI=1S/2C2H6O2.2CH4O/c2*3-1-2-4;2*1-2/h2*3-4H,1-2H2;2*2H,1H3. The van der Waals surface area contributed by atoms with Crippen LogP contribution in [0.4, 0.5) is 0 Å². The lowest BCUT2D eigenvalue weighted by molar-refractivity contribution is 0.186. The first kappa shape index (κ1) is 22.6. The molecule has 6 nitrogen and oxygen atoms in total. The molecule has 0 aliphatic carbocycles. The minimum atomic E-state index is -0.125. The molecule has 12 heavy (non-hydrogen) atoms. The van der Waals surface area contributed by atoms with Crippen LogP contribution in [0.3, 0.4) is 0 Å². The van der Waals surface area contributed by atoms with Crippen LogP contribution in [0.25, 0.3) is 0 Å². The molecule has 0 spiro atoms. The fourth-order valence-corrected chi connectivity index (χ4v) is 0. The van der Waals surface area contributed by atoms with E-state index in [2.05, 4.69) is 0 Å². The fraction of sp³-hybridized carbons (Fsp3) is 1.00. The Morgan fingerprint density at radius 1 is 0.500 bits per heavy atom. The molecule has 0 aliphatic rings. The van der Waals surface area contributed by atoms with E-state index in [9.17, 15) is 0 Å². The minimum absolute atomic E-state index is 0.125. The highest BCUT2D eigenvalue weighted by molar-refractivity contribution is 4.07. The molecule has 0 saturated carbocycles. The topological polar surface area (TPSA) is 121 Å². The van der Waals surface area contributed by atoms with Crippen LogP contribution in [0.15, 0.2) is 0 Å². The summed E-state index contributed by atoms with van der Waals surface area (Å²) < 4.78 is 0. The molecule has 0 rings (SSSR count). The largest absolute Gasteiger partial charge is 0.400 e. The summed E-state index contributed by atoms with van der Waals surface area (Å²) >= 11 is 0. The van der Waals surface area contributed by atoms with E-state index >= 15 is 0 Å². The highest BCUT2D eigenvalue weighted by Gasteiger charge is 1.58. The molecule has 0 unspecified atom stereocenters. The van der Waals surface area contributed by atoms with Crippen LogP contribution in [0.5, 0.6) is 0 Å². The molecule has 80 valence electrons. The Bertz CT molecular complexity index is 20.0. The van der Waals surface area contributed by atoms with Gasteiger partial charge in [-0.25, -0.2) is 0 Å². The molecule has 0 aliphatic heterocycles. The summed E-state index contributed by atoms with van der Waals surface area (Å²) in [5, 5.41) is 44.5. The molecule has 0 amide bonds. The van der Waals surface area contributed by atoms with Gasteiger partial charge in [-0.15, -0.1) is 0 Å². The summed E-state index contributed by atoms with van der Waals surface area (Å²) in [7, 11) is 2.00. The van der Waals surface area contributed by atoms with Gasteiger partial charge in [0.15, 0.2) is 0 Å². The van der Waals surface area contributed by atoms with Gasteiger partial charge in [0, 0.05) is 14.2 Å². The Balaban J connectivity index is -0.0000000380. The van der Waals surface area contributed by atoms with E-state index < -0.39 is 0 Å². The second-order valence-corrected chi connectivity index (χ2v) is 0.894. The van der Waals surface area contributed by atoms with Gasteiger partial charge in [0.1, 0.15) is 0 Å². The third-order valence-corrected chi connectivity index (χ3v) is 0.200. The molecular formula is C6H20O6. The smallest absolute Gasteiger partial charge is 0.0662 e. The molecule has 0 bridgehead atoms. The lowest BCUT2D eigenvalue weighted by Crippen LogP contribution is -1.85. The number of hydrogen-bond donors (Lipinski definition) is 6. The predicted octanol–water partition coefficient (Wildman–Crippen LogP) is -2.84. The van der Waals surface area contributed by atoms with Crippen LogP contribution in [0.1, 0.15) is 0 Å². The fourth-order valence-electron chi connectivity index (χ4n) is 0. The summed E-state index contributed by atoms with van der Waals surface area (Å²) in [6.07, 6.45) is 0. The summed E-state index contributed by atoms with van der Waals surface area (Å²) in [5.74, 6) is 0. The summed E-state index contributed by atoms with van der Waals surface area (Å²) in [6, 6.07) is 0. The van der Waals surface area contributed by atoms with Gasteiger partial charge in [0.2, 0.25) is 0 Å². The molecule has 0 saturated heterocycles. The zero-order valence-corrected chi connectivity index (χ0v) is 7.51. The SMILES string of the molecule is CO.CO.OCCO.OCCO. The van der Waals surface area contributed by atoms with Crippen molar-refractivity contribution in [1.82, 2.24) is 0 Å². The summed E-state index contributed by atoms with van der Waals surface area (Å²) in [6.45, 7) is -0.500. The molecule has 0 fully saturated rings. The second kappa shape index (κ2) is 72.5. The molecule has 6 N–H and O–H groups in total. The number of hydrogen-bond acceptors (Lipinski definition) is 6. The van der Waals surface area contributed by atoms with Crippen LogP contribution in [0.2, 0.25) is 0 Å². The second-order valence-electron chi connectivity index (χ2n) is 0.894. The van der Waals surface area contributed by atoms with Crippen LogP contribution in [-0.4, -0.2) is 71.3 Å². The van der Waals surface area contributed by atoms with Gasteiger partial charge in [-0.3, -0.25) is 0 Å². The van der Waals surface area contributed by atoms with Gasteiger partial charge in [-0.1, -0.05) is 0 Å². The normalized spacial score (nSPS) is 6.00. The van der Waals surface area contributed by atoms with Crippen LogP contribution in [0, 0.1) is 0 Å². The first-order valence-corrected chi connectivity index (χ1v) is 3.16. The van der Waals surface area contributed by atoms with Gasteiger partial charge in [0.05, 0.1) is 26.4 Å². The highest BCUT2D eigenvalue weighted by atomic mass is 16.3. The van der Waals surface area contributed by atoms with E-state index in [0.717, 1.165) is 14.2 Å². The van der Waals surface area contributed by atoms with E-state index in [0.29, 0.717) is 0 Å². The summed E-state index contributed by atoms with van der Waals surface area (Å²) in [5.41, 5.74) is 0. The molecule has 0 aromatic carbocycles. The first-order chi connectivity index (χ1) is 5.83. The Kier molecular flexibility index (Phi) is 137.